The minimum Gasteiger partial charge on any atom is -0.342 e. The molecule has 2 aromatic carbocycles. The van der Waals surface area contributed by atoms with Crippen molar-refractivity contribution in [3.8, 4) is 0 Å². The van der Waals surface area contributed by atoms with Crippen molar-refractivity contribution in [1.29, 1.82) is 0 Å². The Morgan fingerprint density at radius 2 is 1.63 bits per heavy atom. The second kappa shape index (κ2) is 9.53. The van der Waals surface area contributed by atoms with Crippen LogP contribution >= 0.6 is 11.6 Å². The second-order valence-electron chi connectivity index (χ2n) is 6.85. The van der Waals surface area contributed by atoms with Gasteiger partial charge in [0.1, 0.15) is 6.04 Å². The quantitative estimate of drug-likeness (QED) is 0.682. The molecule has 0 spiro atoms. The summed E-state index contributed by atoms with van der Waals surface area (Å²) in [7, 11) is 0. The van der Waals surface area contributed by atoms with Crippen LogP contribution in [0.5, 0.6) is 0 Å². The maximum atomic E-state index is 12.3. The first-order valence-electron chi connectivity index (χ1n) is 9.02. The normalized spacial score (nSPS) is 12.9. The van der Waals surface area contributed by atoms with Crippen molar-refractivity contribution in [1.82, 2.24) is 5.32 Å². The molecule has 0 aliphatic carbocycles. The first-order valence-corrected chi connectivity index (χ1v) is 9.40. The van der Waals surface area contributed by atoms with E-state index in [1.807, 2.05) is 75.5 Å². The van der Waals surface area contributed by atoms with Gasteiger partial charge < -0.3 is 16.0 Å². The van der Waals surface area contributed by atoms with Crippen LogP contribution in [-0.4, -0.2) is 24.4 Å². The van der Waals surface area contributed by atoms with Crippen molar-refractivity contribution < 1.29 is 14.9 Å². The zero-order valence-electron chi connectivity index (χ0n) is 16.2. The van der Waals surface area contributed by atoms with Gasteiger partial charge in [-0.3, -0.25) is 9.59 Å². The van der Waals surface area contributed by atoms with Crippen molar-refractivity contribution >= 4 is 29.1 Å². The van der Waals surface area contributed by atoms with Crippen LogP contribution in [0.25, 0.3) is 0 Å². The molecule has 144 valence electrons. The van der Waals surface area contributed by atoms with Crippen molar-refractivity contribution in [2.45, 2.75) is 39.8 Å². The monoisotopic (exact) mass is 388 g/mol. The predicted octanol–water partition coefficient (Wildman–Crippen LogP) is 2.72. The molecule has 2 atom stereocenters. The number of aryl methyl sites for hydroxylation is 2. The lowest BCUT2D eigenvalue weighted by atomic mass is 10.1. The van der Waals surface area contributed by atoms with Gasteiger partial charge in [-0.25, -0.2) is 0 Å². The molecule has 27 heavy (non-hydrogen) atoms. The van der Waals surface area contributed by atoms with Gasteiger partial charge >= 0.3 is 0 Å². The van der Waals surface area contributed by atoms with Gasteiger partial charge in [0, 0.05) is 16.3 Å². The molecular formula is C21H27ClN3O2+. The van der Waals surface area contributed by atoms with Gasteiger partial charge in [-0.2, -0.15) is 0 Å². The Hall–Kier alpha value is -2.37. The van der Waals surface area contributed by atoms with Gasteiger partial charge in [0.25, 0.3) is 5.91 Å². The van der Waals surface area contributed by atoms with Crippen LogP contribution in [0, 0.1) is 13.8 Å². The van der Waals surface area contributed by atoms with Gasteiger partial charge in [-0.15, -0.1) is 0 Å². The zero-order valence-corrected chi connectivity index (χ0v) is 16.9. The van der Waals surface area contributed by atoms with Crippen molar-refractivity contribution in [2.24, 2.45) is 0 Å². The van der Waals surface area contributed by atoms with Crippen LogP contribution in [0.3, 0.4) is 0 Å². The summed E-state index contributed by atoms with van der Waals surface area (Å²) in [5.74, 6) is -0.411. The van der Waals surface area contributed by atoms with E-state index in [1.165, 1.54) is 0 Å². The Kier molecular flexibility index (Phi) is 7.39. The average molecular weight is 389 g/mol. The number of nitrogens with one attached hydrogen (secondary N) is 2. The minimum absolute atomic E-state index is 0.0554. The maximum absolute atomic E-state index is 12.3. The SMILES string of the molecule is Cc1cccc(C)c1NC(=O)CNC(=O)[C@@H](C)[NH2+][C@H](C)c1ccc(Cl)cc1. The molecule has 0 radical (unpaired) electrons. The zero-order chi connectivity index (χ0) is 20.0. The van der Waals surface area contributed by atoms with E-state index in [0.717, 1.165) is 22.4 Å². The number of amides is 2. The third kappa shape index (κ3) is 6.08. The number of quaternary nitrogens is 1. The summed E-state index contributed by atoms with van der Waals surface area (Å²) in [5, 5.41) is 8.22. The summed E-state index contributed by atoms with van der Waals surface area (Å²) < 4.78 is 0. The number of carbonyl (C=O) groups excluding carboxylic acids is 2. The first kappa shape index (κ1) is 20.9. The summed E-state index contributed by atoms with van der Waals surface area (Å²) in [6, 6.07) is 13.2. The molecule has 2 amide bonds. The largest absolute Gasteiger partial charge is 0.342 e. The van der Waals surface area contributed by atoms with Crippen molar-refractivity contribution in [2.75, 3.05) is 11.9 Å². The molecule has 0 aromatic heterocycles. The molecule has 5 nitrogen and oxygen atoms in total. The van der Waals surface area contributed by atoms with Crippen LogP contribution in [0.1, 0.15) is 36.6 Å². The predicted molar refractivity (Wildman–Crippen MR) is 109 cm³/mol. The molecule has 0 bridgehead atoms. The third-order valence-electron chi connectivity index (χ3n) is 4.56. The average Bonchev–Trinajstić information content (AvgIpc) is 2.63. The summed E-state index contributed by atoms with van der Waals surface area (Å²) in [4.78, 5) is 24.5. The fourth-order valence-corrected chi connectivity index (χ4v) is 3.05. The molecule has 0 aliphatic rings. The van der Waals surface area contributed by atoms with Crippen LogP contribution < -0.4 is 16.0 Å². The van der Waals surface area contributed by atoms with Crippen LogP contribution in [0.15, 0.2) is 42.5 Å². The van der Waals surface area contributed by atoms with E-state index >= 15 is 0 Å². The Labute approximate surface area is 165 Å². The maximum Gasteiger partial charge on any atom is 0.278 e. The summed E-state index contributed by atoms with van der Waals surface area (Å²) >= 11 is 5.91. The number of hydrogen-bond donors (Lipinski definition) is 3. The van der Waals surface area contributed by atoms with E-state index in [9.17, 15) is 9.59 Å². The molecule has 0 aliphatic heterocycles. The highest BCUT2D eigenvalue weighted by molar-refractivity contribution is 6.30. The Bertz CT molecular complexity index is 785. The standard InChI is InChI=1S/C21H26ClN3O2/c1-13-6-5-7-14(2)20(13)25-19(26)12-23-21(27)16(4)24-15(3)17-8-10-18(22)11-9-17/h5-11,15-16,24H,12H2,1-4H3,(H,23,27)(H,25,26)/p+1/t15-,16-/m1/s1. The Morgan fingerprint density at radius 3 is 2.22 bits per heavy atom. The van der Waals surface area contributed by atoms with Gasteiger partial charge in [-0.05, 0) is 51.0 Å². The highest BCUT2D eigenvalue weighted by Gasteiger charge is 2.21. The molecule has 0 saturated carbocycles. The number of benzene rings is 2. The summed E-state index contributed by atoms with van der Waals surface area (Å²) in [6.07, 6.45) is 0. The molecule has 2 aromatic rings. The lowest BCUT2D eigenvalue weighted by Gasteiger charge is -2.17. The van der Waals surface area contributed by atoms with Crippen LogP contribution in [0.2, 0.25) is 5.02 Å². The molecule has 6 heteroatoms. The molecule has 2 rings (SSSR count). The molecule has 0 unspecified atom stereocenters. The van der Waals surface area contributed by atoms with Crippen LogP contribution in [0.4, 0.5) is 5.69 Å². The molecule has 0 heterocycles. The van der Waals surface area contributed by atoms with Gasteiger partial charge in [0.15, 0.2) is 6.04 Å². The number of carbonyl (C=O) groups is 2. The highest BCUT2D eigenvalue weighted by atomic mass is 35.5. The Balaban J connectivity index is 1.83. The van der Waals surface area contributed by atoms with E-state index in [2.05, 4.69) is 10.6 Å². The number of halogens is 1. The van der Waals surface area contributed by atoms with Crippen molar-refractivity contribution in [3.63, 3.8) is 0 Å². The Morgan fingerprint density at radius 1 is 1.04 bits per heavy atom. The number of nitrogens with two attached hydrogens (primary N) is 1. The minimum atomic E-state index is -0.316. The number of hydrogen-bond acceptors (Lipinski definition) is 2. The second-order valence-corrected chi connectivity index (χ2v) is 7.29. The lowest BCUT2D eigenvalue weighted by Crippen LogP contribution is -2.92. The van der Waals surface area contributed by atoms with E-state index in [4.69, 9.17) is 11.6 Å². The van der Waals surface area contributed by atoms with E-state index in [1.54, 1.807) is 0 Å². The number of para-hydroxylation sites is 1. The van der Waals surface area contributed by atoms with Gasteiger partial charge in [0.05, 0.1) is 6.54 Å². The highest BCUT2D eigenvalue weighted by Crippen LogP contribution is 2.19. The summed E-state index contributed by atoms with van der Waals surface area (Å²) in [6.45, 7) is 7.68. The van der Waals surface area contributed by atoms with Crippen molar-refractivity contribution in [3.05, 3.63) is 64.2 Å². The van der Waals surface area contributed by atoms with Gasteiger partial charge in [-0.1, -0.05) is 41.9 Å². The topological polar surface area (TPSA) is 74.8 Å². The fraction of sp³-hybridized carbons (Fsp3) is 0.333. The third-order valence-corrected chi connectivity index (χ3v) is 4.81. The fourth-order valence-electron chi connectivity index (χ4n) is 2.92. The first-order chi connectivity index (χ1) is 12.8. The molecular weight excluding hydrogens is 362 g/mol. The number of rotatable bonds is 7. The van der Waals surface area contributed by atoms with E-state index in [0.29, 0.717) is 5.02 Å². The van der Waals surface area contributed by atoms with E-state index < -0.39 is 0 Å². The van der Waals surface area contributed by atoms with Gasteiger partial charge in [0.2, 0.25) is 5.91 Å². The molecule has 0 saturated heterocycles. The molecule has 4 N–H and O–H groups in total. The number of anilines is 1. The molecule has 0 fully saturated rings. The van der Waals surface area contributed by atoms with Crippen LogP contribution in [-0.2, 0) is 9.59 Å². The lowest BCUT2D eigenvalue weighted by molar-refractivity contribution is -0.710. The smallest absolute Gasteiger partial charge is 0.278 e. The summed E-state index contributed by atoms with van der Waals surface area (Å²) in [5.41, 5.74) is 3.88. The van der Waals surface area contributed by atoms with E-state index in [-0.39, 0.29) is 30.4 Å².